The number of ether oxygens (including phenoxy) is 1. The number of nitrogens with one attached hydrogen (secondary N) is 1. The van der Waals surface area contributed by atoms with Gasteiger partial charge in [0.15, 0.2) is 0 Å². The summed E-state index contributed by atoms with van der Waals surface area (Å²) >= 11 is 0. The molecule has 0 aliphatic heterocycles. The molecule has 1 rings (SSSR count). The SMILES string of the molecule is NCc1cc(C(=O)NCCOCC(F)(F)F)ccn1. The van der Waals surface area contributed by atoms with Gasteiger partial charge in [0.1, 0.15) is 6.61 Å². The van der Waals surface area contributed by atoms with Crippen molar-refractivity contribution in [3.63, 3.8) is 0 Å². The Labute approximate surface area is 108 Å². The third kappa shape index (κ3) is 6.16. The minimum atomic E-state index is -4.36. The van der Waals surface area contributed by atoms with Crippen LogP contribution in [0.4, 0.5) is 13.2 Å². The highest BCUT2D eigenvalue weighted by Gasteiger charge is 2.27. The van der Waals surface area contributed by atoms with Gasteiger partial charge in [0.2, 0.25) is 0 Å². The predicted octanol–water partition coefficient (Wildman–Crippen LogP) is 0.849. The molecule has 1 aromatic heterocycles. The Balaban J connectivity index is 2.31. The van der Waals surface area contributed by atoms with Crippen LogP contribution in [0.1, 0.15) is 16.1 Å². The Morgan fingerprint density at radius 1 is 1.47 bits per heavy atom. The first-order chi connectivity index (χ1) is 8.92. The highest BCUT2D eigenvalue weighted by molar-refractivity contribution is 5.94. The molecule has 8 heteroatoms. The summed E-state index contributed by atoms with van der Waals surface area (Å²) in [5.74, 6) is -0.410. The molecule has 0 spiro atoms. The van der Waals surface area contributed by atoms with Crippen LogP contribution < -0.4 is 11.1 Å². The maximum atomic E-state index is 11.8. The Hall–Kier alpha value is -1.67. The molecular weight excluding hydrogens is 263 g/mol. The van der Waals surface area contributed by atoms with Crippen molar-refractivity contribution in [1.82, 2.24) is 10.3 Å². The van der Waals surface area contributed by atoms with Crippen molar-refractivity contribution < 1.29 is 22.7 Å². The molecule has 0 fully saturated rings. The minimum Gasteiger partial charge on any atom is -0.370 e. The van der Waals surface area contributed by atoms with E-state index in [0.29, 0.717) is 11.3 Å². The largest absolute Gasteiger partial charge is 0.411 e. The second kappa shape index (κ2) is 7.05. The van der Waals surface area contributed by atoms with Gasteiger partial charge in [0, 0.05) is 24.8 Å². The van der Waals surface area contributed by atoms with Gasteiger partial charge in [-0.05, 0) is 12.1 Å². The molecule has 1 amide bonds. The lowest BCUT2D eigenvalue weighted by Gasteiger charge is -2.08. The van der Waals surface area contributed by atoms with Gasteiger partial charge in [-0.1, -0.05) is 0 Å². The van der Waals surface area contributed by atoms with Gasteiger partial charge in [-0.2, -0.15) is 13.2 Å². The number of hydrogen-bond acceptors (Lipinski definition) is 4. The van der Waals surface area contributed by atoms with E-state index in [4.69, 9.17) is 5.73 Å². The van der Waals surface area contributed by atoms with Gasteiger partial charge in [-0.25, -0.2) is 0 Å². The van der Waals surface area contributed by atoms with E-state index >= 15 is 0 Å². The molecule has 0 aliphatic carbocycles. The molecule has 0 bridgehead atoms. The van der Waals surface area contributed by atoms with Crippen molar-refractivity contribution >= 4 is 5.91 Å². The third-order valence-corrected chi connectivity index (χ3v) is 2.09. The molecule has 19 heavy (non-hydrogen) atoms. The van der Waals surface area contributed by atoms with Crippen molar-refractivity contribution in [3.05, 3.63) is 29.6 Å². The fourth-order valence-corrected chi connectivity index (χ4v) is 1.26. The summed E-state index contributed by atoms with van der Waals surface area (Å²) in [4.78, 5) is 15.5. The van der Waals surface area contributed by atoms with E-state index < -0.39 is 18.7 Å². The van der Waals surface area contributed by atoms with Crippen LogP contribution in [0.5, 0.6) is 0 Å². The normalized spacial score (nSPS) is 11.4. The van der Waals surface area contributed by atoms with Gasteiger partial charge in [0.05, 0.1) is 12.3 Å². The number of nitrogens with zero attached hydrogens (tertiary/aromatic N) is 1. The van der Waals surface area contributed by atoms with E-state index in [1.165, 1.54) is 18.3 Å². The Bertz CT molecular complexity index is 424. The van der Waals surface area contributed by atoms with Crippen LogP contribution in [-0.2, 0) is 11.3 Å². The number of alkyl halides is 3. The molecule has 0 saturated heterocycles. The first-order valence-corrected chi connectivity index (χ1v) is 5.50. The number of rotatable bonds is 6. The molecule has 0 aliphatic rings. The second-order valence-electron chi connectivity index (χ2n) is 3.66. The number of amides is 1. The van der Waals surface area contributed by atoms with Crippen LogP contribution in [-0.4, -0.2) is 36.8 Å². The fraction of sp³-hybridized carbons (Fsp3) is 0.455. The predicted molar refractivity (Wildman–Crippen MR) is 61.3 cm³/mol. The Morgan fingerprint density at radius 3 is 2.84 bits per heavy atom. The van der Waals surface area contributed by atoms with Crippen LogP contribution in [0.25, 0.3) is 0 Å². The maximum Gasteiger partial charge on any atom is 0.411 e. The Kier molecular flexibility index (Phi) is 5.71. The van der Waals surface area contributed by atoms with Crippen molar-refractivity contribution in [2.24, 2.45) is 5.73 Å². The number of pyridine rings is 1. The lowest BCUT2D eigenvalue weighted by atomic mass is 10.2. The zero-order chi connectivity index (χ0) is 14.3. The summed E-state index contributed by atoms with van der Waals surface area (Å²) in [5.41, 5.74) is 6.29. The molecule has 0 atom stereocenters. The molecule has 1 aromatic rings. The topological polar surface area (TPSA) is 77.2 Å². The van der Waals surface area contributed by atoms with Crippen molar-refractivity contribution in [3.8, 4) is 0 Å². The number of carbonyl (C=O) groups excluding carboxylic acids is 1. The maximum absolute atomic E-state index is 11.8. The van der Waals surface area contributed by atoms with Crippen LogP contribution in [0, 0.1) is 0 Å². The average molecular weight is 277 g/mol. The minimum absolute atomic E-state index is 0.00477. The molecule has 5 nitrogen and oxygen atoms in total. The highest BCUT2D eigenvalue weighted by Crippen LogP contribution is 2.13. The summed E-state index contributed by atoms with van der Waals surface area (Å²) in [7, 11) is 0. The van der Waals surface area contributed by atoms with Gasteiger partial charge < -0.3 is 15.8 Å². The quantitative estimate of drug-likeness (QED) is 0.756. The summed E-state index contributed by atoms with van der Waals surface area (Å²) in [6.07, 6.45) is -2.91. The second-order valence-corrected chi connectivity index (χ2v) is 3.66. The van der Waals surface area contributed by atoms with Crippen LogP contribution in [0.15, 0.2) is 18.3 Å². The lowest BCUT2D eigenvalue weighted by Crippen LogP contribution is -2.29. The van der Waals surface area contributed by atoms with Crippen LogP contribution >= 0.6 is 0 Å². The van der Waals surface area contributed by atoms with Gasteiger partial charge in [0.25, 0.3) is 5.91 Å². The summed E-state index contributed by atoms with van der Waals surface area (Å²) in [6, 6.07) is 3.01. The van der Waals surface area contributed by atoms with E-state index in [2.05, 4.69) is 15.0 Å². The van der Waals surface area contributed by atoms with E-state index in [1.54, 1.807) is 0 Å². The monoisotopic (exact) mass is 277 g/mol. The molecular formula is C11H14F3N3O2. The van der Waals surface area contributed by atoms with Crippen molar-refractivity contribution in [2.45, 2.75) is 12.7 Å². The van der Waals surface area contributed by atoms with E-state index in [1.807, 2.05) is 0 Å². The number of carbonyl (C=O) groups is 1. The van der Waals surface area contributed by atoms with E-state index in [0.717, 1.165) is 0 Å². The van der Waals surface area contributed by atoms with Gasteiger partial charge in [-0.3, -0.25) is 9.78 Å². The Morgan fingerprint density at radius 2 is 2.21 bits per heavy atom. The smallest absolute Gasteiger partial charge is 0.370 e. The third-order valence-electron chi connectivity index (χ3n) is 2.09. The molecule has 0 aromatic carbocycles. The number of hydrogen-bond donors (Lipinski definition) is 2. The molecule has 3 N–H and O–H groups in total. The van der Waals surface area contributed by atoms with Crippen molar-refractivity contribution in [1.29, 1.82) is 0 Å². The molecule has 0 unspecified atom stereocenters. The van der Waals surface area contributed by atoms with Crippen LogP contribution in [0.3, 0.4) is 0 Å². The molecule has 106 valence electrons. The number of nitrogens with two attached hydrogens (primary N) is 1. The van der Waals surface area contributed by atoms with Gasteiger partial charge in [-0.15, -0.1) is 0 Å². The summed E-state index contributed by atoms with van der Waals surface area (Å²) < 4.78 is 39.6. The summed E-state index contributed by atoms with van der Waals surface area (Å²) in [6.45, 7) is -1.33. The zero-order valence-electron chi connectivity index (χ0n) is 10.0. The van der Waals surface area contributed by atoms with Crippen molar-refractivity contribution in [2.75, 3.05) is 19.8 Å². The average Bonchev–Trinajstić information content (AvgIpc) is 2.37. The van der Waals surface area contributed by atoms with E-state index in [-0.39, 0.29) is 19.7 Å². The number of aromatic nitrogens is 1. The standard InChI is InChI=1S/C11H14F3N3O2/c12-11(13,14)7-19-4-3-17-10(18)8-1-2-16-9(5-8)6-15/h1-2,5H,3-4,6-7,15H2,(H,17,18). The number of halogens is 3. The van der Waals surface area contributed by atoms with Gasteiger partial charge >= 0.3 is 6.18 Å². The van der Waals surface area contributed by atoms with Crippen LogP contribution in [0.2, 0.25) is 0 Å². The lowest BCUT2D eigenvalue weighted by molar-refractivity contribution is -0.173. The first-order valence-electron chi connectivity index (χ1n) is 5.50. The summed E-state index contributed by atoms with van der Waals surface area (Å²) in [5, 5.41) is 2.44. The first kappa shape index (κ1) is 15.4. The molecule has 1 heterocycles. The fourth-order valence-electron chi connectivity index (χ4n) is 1.26. The highest BCUT2D eigenvalue weighted by atomic mass is 19.4. The molecule has 0 saturated carbocycles. The molecule has 0 radical (unpaired) electrons. The van der Waals surface area contributed by atoms with E-state index in [9.17, 15) is 18.0 Å². The zero-order valence-corrected chi connectivity index (χ0v) is 10.0.